The van der Waals surface area contributed by atoms with Gasteiger partial charge in [-0.05, 0) is 37.0 Å². The molecule has 26 heavy (non-hydrogen) atoms. The molecule has 1 saturated heterocycles. The minimum absolute atomic E-state index is 0.00673. The molecule has 2 heterocycles. The quantitative estimate of drug-likeness (QED) is 0.900. The fourth-order valence-corrected chi connectivity index (χ4v) is 3.32. The molecule has 0 bridgehead atoms. The minimum Gasteiger partial charge on any atom is -0.350 e. The van der Waals surface area contributed by atoms with Crippen LogP contribution in [0.4, 0.5) is 0 Å². The average Bonchev–Trinajstić information content (AvgIpc) is 2.68. The van der Waals surface area contributed by atoms with Crippen LogP contribution in [0, 0.1) is 12.8 Å². The van der Waals surface area contributed by atoms with E-state index in [4.69, 9.17) is 0 Å². The molecule has 0 radical (unpaired) electrons. The van der Waals surface area contributed by atoms with Crippen LogP contribution < -0.4 is 5.32 Å². The molecule has 1 fully saturated rings. The van der Waals surface area contributed by atoms with Crippen molar-refractivity contribution in [1.29, 1.82) is 0 Å². The van der Waals surface area contributed by atoms with Crippen LogP contribution in [0.3, 0.4) is 0 Å². The number of rotatable bonds is 5. The van der Waals surface area contributed by atoms with Crippen molar-refractivity contribution in [1.82, 2.24) is 15.2 Å². The molecule has 0 saturated carbocycles. The van der Waals surface area contributed by atoms with Gasteiger partial charge < -0.3 is 10.2 Å². The fraction of sp³-hybridized carbons (Fsp3) is 0.381. The molecule has 1 aliphatic heterocycles. The topological polar surface area (TPSA) is 62.3 Å². The molecule has 1 aromatic heterocycles. The number of nitrogens with zero attached hydrogens (tertiary/aromatic N) is 2. The highest BCUT2D eigenvalue weighted by Crippen LogP contribution is 2.18. The smallest absolute Gasteiger partial charge is 0.227 e. The molecule has 1 N–H and O–H groups in total. The summed E-state index contributed by atoms with van der Waals surface area (Å²) in [6.45, 7) is 3.65. The summed E-state index contributed by atoms with van der Waals surface area (Å²) in [6.07, 6.45) is 3.81. The average molecular weight is 351 g/mol. The van der Waals surface area contributed by atoms with Crippen molar-refractivity contribution in [3.05, 3.63) is 65.5 Å². The number of benzene rings is 1. The van der Waals surface area contributed by atoms with Crippen LogP contribution in [0.1, 0.15) is 29.7 Å². The second-order valence-corrected chi connectivity index (χ2v) is 6.83. The summed E-state index contributed by atoms with van der Waals surface area (Å²) in [5.41, 5.74) is 2.96. The number of piperidine rings is 1. The maximum Gasteiger partial charge on any atom is 0.227 e. The third kappa shape index (κ3) is 4.69. The zero-order chi connectivity index (χ0) is 18.4. The number of likely N-dealkylation sites (tertiary alicyclic amines) is 1. The summed E-state index contributed by atoms with van der Waals surface area (Å²) in [6, 6.07) is 13.6. The molecule has 0 aliphatic carbocycles. The molecule has 5 heteroatoms. The lowest BCUT2D eigenvalue weighted by atomic mass is 9.96. The predicted octanol–water partition coefficient (Wildman–Crippen LogP) is 2.49. The zero-order valence-electron chi connectivity index (χ0n) is 15.1. The number of nitrogens with one attached hydrogen (secondary N) is 1. The number of carbonyl (C=O) groups excluding carboxylic acids is 2. The van der Waals surface area contributed by atoms with Gasteiger partial charge in [0.05, 0.1) is 24.6 Å². The number of carbonyl (C=O) groups is 2. The molecule has 1 aromatic carbocycles. The second-order valence-electron chi connectivity index (χ2n) is 6.83. The number of hydrogen-bond acceptors (Lipinski definition) is 3. The van der Waals surface area contributed by atoms with E-state index in [1.165, 1.54) is 0 Å². The Bertz CT molecular complexity index is 761. The van der Waals surface area contributed by atoms with Gasteiger partial charge in [0.15, 0.2) is 0 Å². The molecule has 2 aromatic rings. The van der Waals surface area contributed by atoms with E-state index >= 15 is 0 Å². The lowest BCUT2D eigenvalue weighted by molar-refractivity contribution is -0.135. The van der Waals surface area contributed by atoms with E-state index in [2.05, 4.69) is 10.3 Å². The van der Waals surface area contributed by atoms with Gasteiger partial charge in [0, 0.05) is 19.3 Å². The second kappa shape index (κ2) is 8.61. The summed E-state index contributed by atoms with van der Waals surface area (Å²) < 4.78 is 0. The molecule has 136 valence electrons. The lowest BCUT2D eigenvalue weighted by Gasteiger charge is -2.32. The van der Waals surface area contributed by atoms with E-state index < -0.39 is 0 Å². The van der Waals surface area contributed by atoms with Crippen molar-refractivity contribution >= 4 is 11.8 Å². The Morgan fingerprint density at radius 3 is 2.77 bits per heavy atom. The van der Waals surface area contributed by atoms with E-state index in [0.29, 0.717) is 19.5 Å². The molecular weight excluding hydrogens is 326 g/mol. The monoisotopic (exact) mass is 351 g/mol. The molecule has 3 rings (SSSR count). The van der Waals surface area contributed by atoms with Gasteiger partial charge in [0.1, 0.15) is 0 Å². The highest BCUT2D eigenvalue weighted by atomic mass is 16.2. The Hall–Kier alpha value is -2.69. The van der Waals surface area contributed by atoms with Gasteiger partial charge in [-0.15, -0.1) is 0 Å². The van der Waals surface area contributed by atoms with Crippen molar-refractivity contribution in [3.63, 3.8) is 0 Å². The lowest BCUT2D eigenvalue weighted by Crippen LogP contribution is -2.45. The van der Waals surface area contributed by atoms with Crippen LogP contribution in [0.2, 0.25) is 0 Å². The Morgan fingerprint density at radius 2 is 2.00 bits per heavy atom. The van der Waals surface area contributed by atoms with Gasteiger partial charge in [-0.2, -0.15) is 0 Å². The van der Waals surface area contributed by atoms with E-state index in [1.807, 2.05) is 54.3 Å². The largest absolute Gasteiger partial charge is 0.350 e. The highest BCUT2D eigenvalue weighted by Gasteiger charge is 2.28. The summed E-state index contributed by atoms with van der Waals surface area (Å²) in [5, 5.41) is 2.98. The maximum atomic E-state index is 12.5. The van der Waals surface area contributed by atoms with E-state index in [0.717, 1.165) is 36.2 Å². The summed E-state index contributed by atoms with van der Waals surface area (Å²) in [7, 11) is 0. The molecule has 0 spiro atoms. The molecule has 2 amide bonds. The first-order valence-corrected chi connectivity index (χ1v) is 9.13. The number of pyridine rings is 1. The Balaban J connectivity index is 1.53. The Labute approximate surface area is 154 Å². The summed E-state index contributed by atoms with van der Waals surface area (Å²) in [4.78, 5) is 31.2. The molecule has 5 nitrogen and oxygen atoms in total. The van der Waals surface area contributed by atoms with Crippen LogP contribution in [0.25, 0.3) is 0 Å². The Morgan fingerprint density at radius 1 is 1.19 bits per heavy atom. The number of hydrogen-bond donors (Lipinski definition) is 1. The number of aryl methyl sites for hydroxylation is 1. The molecule has 1 unspecified atom stereocenters. The van der Waals surface area contributed by atoms with E-state index in [1.54, 1.807) is 6.20 Å². The molecule has 1 aliphatic rings. The highest BCUT2D eigenvalue weighted by molar-refractivity contribution is 5.82. The minimum atomic E-state index is -0.146. The van der Waals surface area contributed by atoms with E-state index in [9.17, 15) is 9.59 Å². The number of amides is 2. The molecular formula is C21H25N3O2. The first-order valence-electron chi connectivity index (χ1n) is 9.13. The van der Waals surface area contributed by atoms with Crippen molar-refractivity contribution in [2.24, 2.45) is 5.92 Å². The van der Waals surface area contributed by atoms with Crippen LogP contribution in [-0.4, -0.2) is 34.8 Å². The van der Waals surface area contributed by atoms with Gasteiger partial charge in [0.25, 0.3) is 0 Å². The van der Waals surface area contributed by atoms with Crippen LogP contribution >= 0.6 is 0 Å². The SMILES string of the molecule is Cc1cccnc1CNC(=O)C1CCCN(C(=O)Cc2ccccc2)C1. The van der Waals surface area contributed by atoms with Gasteiger partial charge in [-0.1, -0.05) is 36.4 Å². The van der Waals surface area contributed by atoms with Crippen LogP contribution in [-0.2, 0) is 22.6 Å². The van der Waals surface area contributed by atoms with Crippen LogP contribution in [0.5, 0.6) is 0 Å². The van der Waals surface area contributed by atoms with E-state index in [-0.39, 0.29) is 17.7 Å². The molecule has 1 atom stereocenters. The third-order valence-corrected chi connectivity index (χ3v) is 4.89. The van der Waals surface area contributed by atoms with Crippen molar-refractivity contribution in [2.45, 2.75) is 32.7 Å². The Kier molecular flexibility index (Phi) is 6.00. The standard InChI is InChI=1S/C21H25N3O2/c1-16-7-5-11-22-19(16)14-23-21(26)18-10-6-12-24(15-18)20(25)13-17-8-3-2-4-9-17/h2-5,7-9,11,18H,6,10,12-15H2,1H3,(H,23,26). The summed E-state index contributed by atoms with van der Waals surface area (Å²) >= 11 is 0. The third-order valence-electron chi connectivity index (χ3n) is 4.89. The normalized spacial score (nSPS) is 17.0. The van der Waals surface area contributed by atoms with Crippen LogP contribution in [0.15, 0.2) is 48.7 Å². The fourth-order valence-electron chi connectivity index (χ4n) is 3.32. The zero-order valence-corrected chi connectivity index (χ0v) is 15.1. The first-order chi connectivity index (χ1) is 12.6. The first kappa shape index (κ1) is 18.1. The predicted molar refractivity (Wildman–Crippen MR) is 100 cm³/mol. The number of aromatic nitrogens is 1. The maximum absolute atomic E-state index is 12.5. The van der Waals surface area contributed by atoms with Gasteiger partial charge in [0.2, 0.25) is 11.8 Å². The summed E-state index contributed by atoms with van der Waals surface area (Å²) in [5.74, 6) is -0.0472. The van der Waals surface area contributed by atoms with Crippen molar-refractivity contribution < 1.29 is 9.59 Å². The van der Waals surface area contributed by atoms with Gasteiger partial charge >= 0.3 is 0 Å². The van der Waals surface area contributed by atoms with Gasteiger partial charge in [-0.25, -0.2) is 0 Å². The van der Waals surface area contributed by atoms with Gasteiger partial charge in [-0.3, -0.25) is 14.6 Å². The van der Waals surface area contributed by atoms with Crippen molar-refractivity contribution in [3.8, 4) is 0 Å². The van der Waals surface area contributed by atoms with Crippen molar-refractivity contribution in [2.75, 3.05) is 13.1 Å².